The molecule has 5 nitrogen and oxygen atoms in total. The van der Waals surface area contributed by atoms with Gasteiger partial charge in [-0.1, -0.05) is 11.6 Å². The van der Waals surface area contributed by atoms with E-state index in [9.17, 15) is 4.79 Å². The van der Waals surface area contributed by atoms with Gasteiger partial charge in [0.25, 0.3) is 5.91 Å². The molecule has 1 fully saturated rings. The molecule has 2 rings (SSSR count). The number of hydrogen-bond donors (Lipinski definition) is 2. The molecule has 0 atom stereocenters. The van der Waals surface area contributed by atoms with Crippen LogP contribution >= 0.6 is 11.6 Å². The molecule has 0 radical (unpaired) electrons. The normalized spacial score (nSPS) is 14.2. The van der Waals surface area contributed by atoms with E-state index < -0.39 is 0 Å². The zero-order valence-corrected chi connectivity index (χ0v) is 11.7. The molecule has 6 heteroatoms. The number of carbonyl (C=O) groups excluding carboxylic acids is 1. The predicted molar refractivity (Wildman–Crippen MR) is 74.7 cm³/mol. The van der Waals surface area contributed by atoms with Gasteiger partial charge in [-0.3, -0.25) is 4.79 Å². The Bertz CT molecular complexity index is 450. The van der Waals surface area contributed by atoms with Crippen LogP contribution in [0, 0.1) is 5.92 Å². The Balaban J connectivity index is 1.73. The standard InChI is InChI=1S/C13H18ClN3O2/c1-15-12-11(14)6-10(7-17-12)13(18)16-4-5-19-8-9-2-3-9/h6-7,9H,2-5,8H2,1H3,(H,15,17)(H,16,18). The molecule has 1 aromatic rings. The lowest BCUT2D eigenvalue weighted by Crippen LogP contribution is -2.27. The summed E-state index contributed by atoms with van der Waals surface area (Å²) in [5.74, 6) is 1.12. The van der Waals surface area contributed by atoms with Crippen molar-refractivity contribution in [1.29, 1.82) is 0 Å². The summed E-state index contributed by atoms with van der Waals surface area (Å²) in [7, 11) is 1.73. The summed E-state index contributed by atoms with van der Waals surface area (Å²) < 4.78 is 5.44. The number of carbonyl (C=O) groups is 1. The molecule has 0 aliphatic heterocycles. The highest BCUT2D eigenvalue weighted by Gasteiger charge is 2.20. The van der Waals surface area contributed by atoms with E-state index in [0.717, 1.165) is 12.5 Å². The van der Waals surface area contributed by atoms with Gasteiger partial charge in [0.05, 0.1) is 17.2 Å². The van der Waals surface area contributed by atoms with Crippen LogP contribution in [0.15, 0.2) is 12.3 Å². The second-order valence-electron chi connectivity index (χ2n) is 4.58. The molecule has 1 aliphatic rings. The van der Waals surface area contributed by atoms with Gasteiger partial charge < -0.3 is 15.4 Å². The summed E-state index contributed by atoms with van der Waals surface area (Å²) in [6, 6.07) is 1.60. The number of halogens is 1. The van der Waals surface area contributed by atoms with Crippen LogP contribution < -0.4 is 10.6 Å². The molecule has 0 spiro atoms. The number of amides is 1. The molecule has 19 heavy (non-hydrogen) atoms. The summed E-state index contributed by atoms with van der Waals surface area (Å²) in [6.07, 6.45) is 4.04. The van der Waals surface area contributed by atoms with Gasteiger partial charge in [-0.05, 0) is 24.8 Å². The van der Waals surface area contributed by atoms with Gasteiger partial charge in [0, 0.05) is 26.4 Å². The SMILES string of the molecule is CNc1ncc(C(=O)NCCOCC2CC2)cc1Cl. The monoisotopic (exact) mass is 283 g/mol. The van der Waals surface area contributed by atoms with Crippen LogP contribution in [-0.4, -0.2) is 37.7 Å². The van der Waals surface area contributed by atoms with E-state index >= 15 is 0 Å². The minimum Gasteiger partial charge on any atom is -0.379 e. The van der Waals surface area contributed by atoms with Crippen molar-refractivity contribution in [3.8, 4) is 0 Å². The Hall–Kier alpha value is -1.33. The van der Waals surface area contributed by atoms with Crippen molar-refractivity contribution in [3.63, 3.8) is 0 Å². The van der Waals surface area contributed by atoms with Gasteiger partial charge in [-0.15, -0.1) is 0 Å². The summed E-state index contributed by atoms with van der Waals surface area (Å²) in [6.45, 7) is 1.84. The van der Waals surface area contributed by atoms with E-state index in [1.807, 2.05) is 0 Å². The molecule has 1 aliphatic carbocycles. The first-order chi connectivity index (χ1) is 9.20. The van der Waals surface area contributed by atoms with Gasteiger partial charge in [0.15, 0.2) is 0 Å². The van der Waals surface area contributed by atoms with Crippen LogP contribution in [0.5, 0.6) is 0 Å². The topological polar surface area (TPSA) is 63.2 Å². The van der Waals surface area contributed by atoms with E-state index in [4.69, 9.17) is 16.3 Å². The van der Waals surface area contributed by atoms with Gasteiger partial charge in [-0.2, -0.15) is 0 Å². The van der Waals surface area contributed by atoms with Crippen molar-refractivity contribution >= 4 is 23.3 Å². The molecule has 1 heterocycles. The average Bonchev–Trinajstić information content (AvgIpc) is 3.22. The fraction of sp³-hybridized carbons (Fsp3) is 0.538. The third-order valence-electron chi connectivity index (χ3n) is 2.92. The van der Waals surface area contributed by atoms with Gasteiger partial charge in [0.2, 0.25) is 0 Å². The van der Waals surface area contributed by atoms with Crippen molar-refractivity contribution in [2.75, 3.05) is 32.1 Å². The molecule has 1 aromatic heterocycles. The fourth-order valence-electron chi connectivity index (χ4n) is 1.62. The molecular formula is C13H18ClN3O2. The highest BCUT2D eigenvalue weighted by Crippen LogP contribution is 2.28. The quantitative estimate of drug-likeness (QED) is 0.751. The number of ether oxygens (including phenoxy) is 1. The van der Waals surface area contributed by atoms with Gasteiger partial charge in [0.1, 0.15) is 5.82 Å². The number of aromatic nitrogens is 1. The van der Waals surface area contributed by atoms with E-state index in [2.05, 4.69) is 15.6 Å². The summed E-state index contributed by atoms with van der Waals surface area (Å²) in [5.41, 5.74) is 0.450. The Morgan fingerprint density at radius 1 is 1.58 bits per heavy atom. The van der Waals surface area contributed by atoms with Crippen molar-refractivity contribution < 1.29 is 9.53 Å². The minimum atomic E-state index is -0.188. The highest BCUT2D eigenvalue weighted by atomic mass is 35.5. The zero-order valence-electron chi connectivity index (χ0n) is 10.9. The Morgan fingerprint density at radius 3 is 3.00 bits per heavy atom. The molecule has 0 unspecified atom stereocenters. The maximum absolute atomic E-state index is 11.8. The third-order valence-corrected chi connectivity index (χ3v) is 3.21. The van der Waals surface area contributed by atoms with Crippen LogP contribution in [0.4, 0.5) is 5.82 Å². The molecule has 0 saturated heterocycles. The number of nitrogens with zero attached hydrogens (tertiary/aromatic N) is 1. The number of rotatable bonds is 7. The molecule has 2 N–H and O–H groups in total. The summed E-state index contributed by atoms with van der Waals surface area (Å²) in [4.78, 5) is 15.9. The molecule has 104 valence electrons. The van der Waals surface area contributed by atoms with Gasteiger partial charge >= 0.3 is 0 Å². The molecule has 0 aromatic carbocycles. The van der Waals surface area contributed by atoms with Crippen molar-refractivity contribution in [2.45, 2.75) is 12.8 Å². The summed E-state index contributed by atoms with van der Waals surface area (Å²) >= 11 is 5.97. The fourth-order valence-corrected chi connectivity index (χ4v) is 1.88. The van der Waals surface area contributed by atoms with Crippen LogP contribution in [0.1, 0.15) is 23.2 Å². The first kappa shape index (κ1) is 14.1. The average molecular weight is 284 g/mol. The number of anilines is 1. The maximum atomic E-state index is 11.8. The van der Waals surface area contributed by atoms with Crippen molar-refractivity contribution in [1.82, 2.24) is 10.3 Å². The molecule has 0 bridgehead atoms. The van der Waals surface area contributed by atoms with E-state index in [-0.39, 0.29) is 5.91 Å². The predicted octanol–water partition coefficient (Wildman–Crippen LogP) is 1.93. The summed E-state index contributed by atoms with van der Waals surface area (Å²) in [5, 5.41) is 6.05. The van der Waals surface area contributed by atoms with Crippen LogP contribution in [0.25, 0.3) is 0 Å². The highest BCUT2D eigenvalue weighted by molar-refractivity contribution is 6.33. The lowest BCUT2D eigenvalue weighted by molar-refractivity contribution is 0.0906. The smallest absolute Gasteiger partial charge is 0.252 e. The van der Waals surface area contributed by atoms with Crippen molar-refractivity contribution in [3.05, 3.63) is 22.8 Å². The Morgan fingerprint density at radius 2 is 2.37 bits per heavy atom. The van der Waals surface area contributed by atoms with Crippen LogP contribution in [-0.2, 0) is 4.74 Å². The third kappa shape index (κ3) is 4.36. The molecular weight excluding hydrogens is 266 g/mol. The Kier molecular flexibility index (Phi) is 4.99. The lowest BCUT2D eigenvalue weighted by Gasteiger charge is -2.07. The second-order valence-corrected chi connectivity index (χ2v) is 4.99. The van der Waals surface area contributed by atoms with Crippen LogP contribution in [0.3, 0.4) is 0 Å². The van der Waals surface area contributed by atoms with E-state index in [0.29, 0.717) is 29.6 Å². The minimum absolute atomic E-state index is 0.188. The van der Waals surface area contributed by atoms with E-state index in [1.165, 1.54) is 19.0 Å². The second kappa shape index (κ2) is 6.73. The largest absolute Gasteiger partial charge is 0.379 e. The van der Waals surface area contributed by atoms with Crippen molar-refractivity contribution in [2.24, 2.45) is 5.92 Å². The maximum Gasteiger partial charge on any atom is 0.252 e. The first-order valence-corrected chi connectivity index (χ1v) is 6.77. The lowest BCUT2D eigenvalue weighted by atomic mass is 10.2. The zero-order chi connectivity index (χ0) is 13.7. The molecule has 1 amide bonds. The number of nitrogens with one attached hydrogen (secondary N) is 2. The Labute approximate surface area is 117 Å². The van der Waals surface area contributed by atoms with E-state index in [1.54, 1.807) is 13.1 Å². The van der Waals surface area contributed by atoms with Gasteiger partial charge in [-0.25, -0.2) is 4.98 Å². The number of hydrogen-bond acceptors (Lipinski definition) is 4. The first-order valence-electron chi connectivity index (χ1n) is 6.40. The molecule has 1 saturated carbocycles. The number of pyridine rings is 1. The van der Waals surface area contributed by atoms with Crippen LogP contribution in [0.2, 0.25) is 5.02 Å².